The zero-order chi connectivity index (χ0) is 14.3. The molecule has 0 radical (unpaired) electrons. The Morgan fingerprint density at radius 1 is 1.63 bits per heavy atom. The van der Waals surface area contributed by atoms with E-state index in [-0.39, 0.29) is 6.54 Å². The number of aryl methyl sites for hydroxylation is 1. The maximum Gasteiger partial charge on any atom is 0.323 e. The quantitative estimate of drug-likeness (QED) is 0.648. The third-order valence-corrected chi connectivity index (χ3v) is 2.17. The molecule has 0 spiro atoms. The highest BCUT2D eigenvalue weighted by Crippen LogP contribution is 1.91. The highest BCUT2D eigenvalue weighted by Gasteiger charge is 2.15. The van der Waals surface area contributed by atoms with Gasteiger partial charge in [-0.1, -0.05) is 5.92 Å². The lowest BCUT2D eigenvalue weighted by Gasteiger charge is -2.18. The summed E-state index contributed by atoms with van der Waals surface area (Å²) in [6, 6.07) is -0.517. The number of nitrogens with zero attached hydrogens (tertiary/aromatic N) is 4. The first-order valence-corrected chi connectivity index (χ1v) is 5.55. The molecule has 1 rings (SSSR count). The standard InChI is InChI=1S/C11H15N5O3/c1-3-6-16(7-10(17)18)11(19)12-5-4-9-13-8-15(2)14-9/h1,8H,4-7H2,2H3,(H,12,19)(H,17,18). The number of carboxylic acids is 1. The molecular formula is C11H15N5O3. The molecule has 1 aromatic heterocycles. The molecule has 0 aliphatic carbocycles. The fraction of sp³-hybridized carbons (Fsp3) is 0.455. The molecule has 19 heavy (non-hydrogen) atoms. The highest BCUT2D eigenvalue weighted by atomic mass is 16.4. The van der Waals surface area contributed by atoms with Crippen LogP contribution < -0.4 is 5.32 Å². The van der Waals surface area contributed by atoms with Crippen LogP contribution in [0.15, 0.2) is 6.33 Å². The molecule has 1 aromatic rings. The normalized spacial score (nSPS) is 9.68. The lowest BCUT2D eigenvalue weighted by molar-refractivity contribution is -0.137. The summed E-state index contributed by atoms with van der Waals surface area (Å²) in [6.07, 6.45) is 7.10. The van der Waals surface area contributed by atoms with E-state index in [0.29, 0.717) is 18.8 Å². The van der Waals surface area contributed by atoms with E-state index in [0.717, 1.165) is 4.90 Å². The number of rotatable bonds is 6. The molecule has 2 N–H and O–H groups in total. The lowest BCUT2D eigenvalue weighted by Crippen LogP contribution is -2.43. The van der Waals surface area contributed by atoms with Gasteiger partial charge >= 0.3 is 12.0 Å². The fourth-order valence-electron chi connectivity index (χ4n) is 1.36. The number of hydrogen-bond donors (Lipinski definition) is 2. The second-order valence-electron chi connectivity index (χ2n) is 3.77. The summed E-state index contributed by atoms with van der Waals surface area (Å²) in [5.74, 6) is 1.73. The van der Waals surface area contributed by atoms with Crippen LogP contribution in [0.2, 0.25) is 0 Å². The van der Waals surface area contributed by atoms with E-state index in [4.69, 9.17) is 11.5 Å². The van der Waals surface area contributed by atoms with Gasteiger partial charge in [0.2, 0.25) is 0 Å². The van der Waals surface area contributed by atoms with Crippen LogP contribution in [0.25, 0.3) is 0 Å². The summed E-state index contributed by atoms with van der Waals surface area (Å²) in [6.45, 7) is -0.179. The average molecular weight is 265 g/mol. The van der Waals surface area contributed by atoms with Crippen molar-refractivity contribution < 1.29 is 14.7 Å². The first kappa shape index (κ1) is 14.5. The number of carbonyl (C=O) groups excluding carboxylic acids is 1. The third-order valence-electron chi connectivity index (χ3n) is 2.17. The zero-order valence-electron chi connectivity index (χ0n) is 10.5. The van der Waals surface area contributed by atoms with Gasteiger partial charge in [-0.05, 0) is 0 Å². The van der Waals surface area contributed by atoms with E-state index in [9.17, 15) is 9.59 Å². The Kier molecular flexibility index (Phi) is 5.35. The van der Waals surface area contributed by atoms with Crippen LogP contribution in [0.1, 0.15) is 5.82 Å². The maximum atomic E-state index is 11.7. The number of nitrogens with one attached hydrogen (secondary N) is 1. The van der Waals surface area contributed by atoms with Crippen molar-refractivity contribution in [3.05, 3.63) is 12.2 Å². The smallest absolute Gasteiger partial charge is 0.323 e. The van der Waals surface area contributed by atoms with E-state index >= 15 is 0 Å². The van der Waals surface area contributed by atoms with Gasteiger partial charge in [-0.25, -0.2) is 9.78 Å². The Balaban J connectivity index is 2.39. The van der Waals surface area contributed by atoms with Gasteiger partial charge in [-0.2, -0.15) is 5.10 Å². The van der Waals surface area contributed by atoms with Crippen molar-refractivity contribution in [3.63, 3.8) is 0 Å². The molecule has 0 saturated carbocycles. The number of amides is 2. The molecule has 0 atom stereocenters. The number of carboxylic acid groups (broad SMARTS) is 1. The van der Waals surface area contributed by atoms with E-state index in [2.05, 4.69) is 21.3 Å². The predicted octanol–water partition coefficient (Wildman–Crippen LogP) is -0.913. The topological polar surface area (TPSA) is 100 Å². The second kappa shape index (κ2) is 7.00. The molecular weight excluding hydrogens is 250 g/mol. The zero-order valence-corrected chi connectivity index (χ0v) is 10.5. The van der Waals surface area contributed by atoms with E-state index in [1.165, 1.54) is 0 Å². The van der Waals surface area contributed by atoms with Gasteiger partial charge in [-0.3, -0.25) is 9.48 Å². The Bertz CT molecular complexity index is 491. The minimum atomic E-state index is -1.11. The second-order valence-corrected chi connectivity index (χ2v) is 3.77. The number of carbonyl (C=O) groups is 2. The van der Waals surface area contributed by atoms with Crippen LogP contribution in [-0.4, -0.2) is 56.4 Å². The summed E-state index contributed by atoms with van der Waals surface area (Å²) in [4.78, 5) is 27.3. The van der Waals surface area contributed by atoms with Crippen molar-refractivity contribution in [3.8, 4) is 12.3 Å². The summed E-state index contributed by atoms with van der Waals surface area (Å²) in [5, 5.41) is 15.3. The molecule has 102 valence electrons. The molecule has 8 heteroatoms. The van der Waals surface area contributed by atoms with Crippen LogP contribution in [0.4, 0.5) is 4.79 Å². The SMILES string of the molecule is C#CCN(CC(=O)O)C(=O)NCCc1ncn(C)n1. The van der Waals surface area contributed by atoms with Crippen LogP contribution in [0.5, 0.6) is 0 Å². The maximum absolute atomic E-state index is 11.7. The van der Waals surface area contributed by atoms with Crippen molar-refractivity contribution in [2.75, 3.05) is 19.6 Å². The van der Waals surface area contributed by atoms with Crippen molar-refractivity contribution in [1.29, 1.82) is 0 Å². The first-order chi connectivity index (χ1) is 9.02. The molecule has 0 fully saturated rings. The third kappa shape index (κ3) is 5.08. The Labute approximate surface area is 110 Å². The number of hydrogen-bond acceptors (Lipinski definition) is 4. The molecule has 0 saturated heterocycles. The number of terminal acetylenes is 1. The van der Waals surface area contributed by atoms with Crippen molar-refractivity contribution >= 4 is 12.0 Å². The van der Waals surface area contributed by atoms with Gasteiger partial charge in [0.05, 0.1) is 6.54 Å². The van der Waals surface area contributed by atoms with E-state index in [1.54, 1.807) is 18.1 Å². The molecule has 0 unspecified atom stereocenters. The summed E-state index contributed by atoms with van der Waals surface area (Å²) in [7, 11) is 1.75. The summed E-state index contributed by atoms with van der Waals surface area (Å²) < 4.78 is 1.56. The summed E-state index contributed by atoms with van der Waals surface area (Å²) >= 11 is 0. The van der Waals surface area contributed by atoms with Gasteiger partial charge < -0.3 is 15.3 Å². The minimum absolute atomic E-state index is 0.0556. The Hall–Kier alpha value is -2.56. The number of aromatic nitrogens is 3. The monoisotopic (exact) mass is 265 g/mol. The van der Waals surface area contributed by atoms with Crippen molar-refractivity contribution in [1.82, 2.24) is 25.0 Å². The Morgan fingerprint density at radius 3 is 2.89 bits per heavy atom. The number of urea groups is 1. The lowest BCUT2D eigenvalue weighted by atomic mass is 10.4. The molecule has 2 amide bonds. The fourth-order valence-corrected chi connectivity index (χ4v) is 1.36. The van der Waals surface area contributed by atoms with Crippen LogP contribution >= 0.6 is 0 Å². The molecule has 8 nitrogen and oxygen atoms in total. The van der Waals surface area contributed by atoms with Crippen LogP contribution in [-0.2, 0) is 18.3 Å². The predicted molar refractivity (Wildman–Crippen MR) is 66.1 cm³/mol. The van der Waals surface area contributed by atoms with Crippen molar-refractivity contribution in [2.24, 2.45) is 7.05 Å². The van der Waals surface area contributed by atoms with Gasteiger partial charge in [0.1, 0.15) is 12.9 Å². The summed E-state index contributed by atoms with van der Waals surface area (Å²) in [5.41, 5.74) is 0. The molecule has 0 aromatic carbocycles. The minimum Gasteiger partial charge on any atom is -0.480 e. The van der Waals surface area contributed by atoms with Gasteiger partial charge in [0.15, 0.2) is 5.82 Å². The first-order valence-electron chi connectivity index (χ1n) is 5.55. The van der Waals surface area contributed by atoms with Gasteiger partial charge in [0.25, 0.3) is 0 Å². The highest BCUT2D eigenvalue weighted by molar-refractivity contribution is 5.80. The molecule has 1 heterocycles. The van der Waals surface area contributed by atoms with E-state index < -0.39 is 18.5 Å². The average Bonchev–Trinajstić information content (AvgIpc) is 2.74. The van der Waals surface area contributed by atoms with Gasteiger partial charge in [0, 0.05) is 20.0 Å². The number of aliphatic carboxylic acids is 1. The van der Waals surface area contributed by atoms with Crippen molar-refractivity contribution in [2.45, 2.75) is 6.42 Å². The molecule has 0 aliphatic rings. The van der Waals surface area contributed by atoms with E-state index in [1.807, 2.05) is 0 Å². The molecule has 0 bridgehead atoms. The Morgan fingerprint density at radius 2 is 2.37 bits per heavy atom. The van der Waals surface area contributed by atoms with Crippen LogP contribution in [0, 0.1) is 12.3 Å². The largest absolute Gasteiger partial charge is 0.480 e. The van der Waals surface area contributed by atoms with Gasteiger partial charge in [-0.15, -0.1) is 6.42 Å². The molecule has 0 aliphatic heterocycles. The van der Waals surface area contributed by atoms with Crippen LogP contribution in [0.3, 0.4) is 0 Å².